The molecule has 11 heteroatoms. The molecule has 3 aromatic rings. The molecule has 2 fully saturated rings. The minimum Gasteiger partial charge on any atom is -0.479 e. The van der Waals surface area contributed by atoms with Crippen molar-refractivity contribution >= 4 is 23.5 Å². The Balaban J connectivity index is 1.15. The molecule has 2 amide bonds. The highest BCUT2D eigenvalue weighted by Crippen LogP contribution is 2.27. The standard InChI is InChI=1S/C24H23FN6O4/c1-26-22(32)15-13-30(14-15)24-28-10-17(11-29-24)31-9-8-20(23(31)33)34-19-6-7-21(27-12-19)35-18-4-2-16(25)3-5-18/h2-7,10-12,15,20H,8-9,13-14H2,1H3,(H,26,32)/t20-/m1/s1. The van der Waals surface area contributed by atoms with E-state index in [0.717, 1.165) is 0 Å². The second-order valence-electron chi connectivity index (χ2n) is 8.23. The molecule has 2 aliphatic rings. The number of pyridine rings is 1. The molecule has 0 bridgehead atoms. The summed E-state index contributed by atoms with van der Waals surface area (Å²) in [5, 5.41) is 2.64. The van der Waals surface area contributed by atoms with Crippen molar-refractivity contribution in [3.63, 3.8) is 0 Å². The first-order valence-corrected chi connectivity index (χ1v) is 11.2. The second-order valence-corrected chi connectivity index (χ2v) is 8.23. The van der Waals surface area contributed by atoms with Crippen LogP contribution in [0, 0.1) is 11.7 Å². The van der Waals surface area contributed by atoms with Crippen LogP contribution in [0.25, 0.3) is 0 Å². The van der Waals surface area contributed by atoms with Crippen molar-refractivity contribution in [1.29, 1.82) is 0 Å². The molecule has 2 aliphatic heterocycles. The molecule has 5 rings (SSSR count). The maximum Gasteiger partial charge on any atom is 0.268 e. The second kappa shape index (κ2) is 9.53. The van der Waals surface area contributed by atoms with Gasteiger partial charge in [0.1, 0.15) is 17.3 Å². The number of benzene rings is 1. The first-order valence-electron chi connectivity index (χ1n) is 11.2. The summed E-state index contributed by atoms with van der Waals surface area (Å²) in [5.74, 6) is 1.17. The fourth-order valence-electron chi connectivity index (χ4n) is 3.93. The number of amides is 2. The highest BCUT2D eigenvalue weighted by molar-refractivity contribution is 5.98. The van der Waals surface area contributed by atoms with Crippen LogP contribution in [0.4, 0.5) is 16.0 Å². The van der Waals surface area contributed by atoms with Gasteiger partial charge in [-0.2, -0.15) is 0 Å². The minimum atomic E-state index is -0.649. The lowest BCUT2D eigenvalue weighted by Gasteiger charge is -2.37. The zero-order chi connectivity index (χ0) is 24.4. The smallest absolute Gasteiger partial charge is 0.268 e. The molecule has 35 heavy (non-hydrogen) atoms. The summed E-state index contributed by atoms with van der Waals surface area (Å²) in [4.78, 5) is 41.0. The summed E-state index contributed by atoms with van der Waals surface area (Å²) in [6, 6.07) is 8.90. The lowest BCUT2D eigenvalue weighted by molar-refractivity contribution is -0.125. The van der Waals surface area contributed by atoms with Crippen LogP contribution in [0.1, 0.15) is 6.42 Å². The van der Waals surface area contributed by atoms with Crippen molar-refractivity contribution in [2.24, 2.45) is 5.92 Å². The number of halogens is 1. The van der Waals surface area contributed by atoms with Crippen molar-refractivity contribution in [1.82, 2.24) is 20.3 Å². The van der Waals surface area contributed by atoms with Gasteiger partial charge in [0.2, 0.25) is 17.7 Å². The van der Waals surface area contributed by atoms with Gasteiger partial charge in [-0.3, -0.25) is 9.59 Å². The molecule has 0 aliphatic carbocycles. The quantitative estimate of drug-likeness (QED) is 0.550. The van der Waals surface area contributed by atoms with E-state index >= 15 is 0 Å². The van der Waals surface area contributed by atoms with Gasteiger partial charge in [-0.05, 0) is 30.3 Å². The number of rotatable bonds is 7. The van der Waals surface area contributed by atoms with Crippen molar-refractivity contribution < 1.29 is 23.5 Å². The third-order valence-corrected chi connectivity index (χ3v) is 5.90. The fraction of sp³-hybridized carbons (Fsp3) is 0.292. The Kier molecular flexibility index (Phi) is 6.13. The molecule has 10 nitrogen and oxygen atoms in total. The largest absolute Gasteiger partial charge is 0.479 e. The van der Waals surface area contributed by atoms with Crippen molar-refractivity contribution in [3.05, 3.63) is 60.8 Å². The number of aromatic nitrogens is 3. The summed E-state index contributed by atoms with van der Waals surface area (Å²) >= 11 is 0. The van der Waals surface area contributed by atoms with E-state index in [1.165, 1.54) is 30.5 Å². The van der Waals surface area contributed by atoms with E-state index in [1.54, 1.807) is 36.5 Å². The predicted molar refractivity (Wildman–Crippen MR) is 124 cm³/mol. The number of hydrogen-bond acceptors (Lipinski definition) is 8. The Hall–Kier alpha value is -4.28. The van der Waals surface area contributed by atoms with Crippen LogP contribution in [-0.2, 0) is 9.59 Å². The van der Waals surface area contributed by atoms with Crippen LogP contribution < -0.4 is 24.6 Å². The lowest BCUT2D eigenvalue weighted by atomic mass is 10.00. The van der Waals surface area contributed by atoms with Crippen LogP contribution in [0.15, 0.2) is 55.0 Å². The highest BCUT2D eigenvalue weighted by Gasteiger charge is 2.36. The molecule has 1 N–H and O–H groups in total. The molecular formula is C24H23FN6O4. The normalized spacial score (nSPS) is 17.8. The topological polar surface area (TPSA) is 110 Å². The first-order chi connectivity index (χ1) is 17.0. The Morgan fingerprint density at radius 3 is 2.40 bits per heavy atom. The Morgan fingerprint density at radius 2 is 1.74 bits per heavy atom. The Bertz CT molecular complexity index is 1200. The van der Waals surface area contributed by atoms with Crippen molar-refractivity contribution in [2.45, 2.75) is 12.5 Å². The average Bonchev–Trinajstić information content (AvgIpc) is 3.21. The van der Waals surface area contributed by atoms with Crippen molar-refractivity contribution in [2.75, 3.05) is 36.5 Å². The molecule has 0 radical (unpaired) electrons. The van der Waals surface area contributed by atoms with Crippen LogP contribution in [0.3, 0.4) is 0 Å². The van der Waals surface area contributed by atoms with Gasteiger partial charge in [0.25, 0.3) is 5.91 Å². The molecule has 4 heterocycles. The van der Waals surface area contributed by atoms with Crippen LogP contribution in [0.5, 0.6) is 17.4 Å². The summed E-state index contributed by atoms with van der Waals surface area (Å²) < 4.78 is 24.4. The molecule has 0 unspecified atom stereocenters. The number of nitrogens with one attached hydrogen (secondary N) is 1. The zero-order valence-electron chi connectivity index (χ0n) is 18.9. The SMILES string of the molecule is CNC(=O)C1CN(c2ncc(N3CC[C@@H](Oc4ccc(Oc5ccc(F)cc5)nc4)C3=O)cn2)C1. The first kappa shape index (κ1) is 22.5. The van der Waals surface area contributed by atoms with Crippen LogP contribution in [0.2, 0.25) is 0 Å². The monoisotopic (exact) mass is 478 g/mol. The summed E-state index contributed by atoms with van der Waals surface area (Å²) in [6.07, 6.45) is 4.56. The Morgan fingerprint density at radius 1 is 1.03 bits per heavy atom. The van der Waals surface area contributed by atoms with E-state index < -0.39 is 6.10 Å². The molecule has 1 aromatic carbocycles. The van der Waals surface area contributed by atoms with E-state index in [4.69, 9.17) is 9.47 Å². The van der Waals surface area contributed by atoms with Gasteiger partial charge in [-0.1, -0.05) is 0 Å². The van der Waals surface area contributed by atoms with Gasteiger partial charge < -0.3 is 24.6 Å². The van der Waals surface area contributed by atoms with Gasteiger partial charge >= 0.3 is 0 Å². The number of nitrogens with zero attached hydrogens (tertiary/aromatic N) is 5. The predicted octanol–water partition coefficient (Wildman–Crippen LogP) is 2.17. The summed E-state index contributed by atoms with van der Waals surface area (Å²) in [6.45, 7) is 1.62. The molecule has 2 aromatic heterocycles. The number of carbonyl (C=O) groups is 2. The molecule has 180 valence electrons. The molecule has 2 saturated heterocycles. The molecule has 0 spiro atoms. The van der Waals surface area contributed by atoms with Gasteiger partial charge in [0.15, 0.2) is 6.10 Å². The van der Waals surface area contributed by atoms with Gasteiger partial charge in [0.05, 0.1) is 30.2 Å². The summed E-state index contributed by atoms with van der Waals surface area (Å²) in [5.41, 5.74) is 0.592. The van der Waals surface area contributed by atoms with E-state index in [0.29, 0.717) is 55.1 Å². The van der Waals surface area contributed by atoms with Gasteiger partial charge in [-0.15, -0.1) is 0 Å². The summed E-state index contributed by atoms with van der Waals surface area (Å²) in [7, 11) is 1.62. The van der Waals surface area contributed by atoms with Crippen molar-refractivity contribution in [3.8, 4) is 17.4 Å². The third kappa shape index (κ3) is 4.84. The average molecular weight is 478 g/mol. The third-order valence-electron chi connectivity index (χ3n) is 5.90. The lowest BCUT2D eigenvalue weighted by Crippen LogP contribution is -2.53. The number of ether oxygens (including phenoxy) is 2. The fourth-order valence-corrected chi connectivity index (χ4v) is 3.93. The maximum absolute atomic E-state index is 13.0. The van der Waals surface area contributed by atoms with Crippen LogP contribution in [-0.4, -0.2) is 59.6 Å². The maximum atomic E-state index is 13.0. The number of hydrogen-bond donors (Lipinski definition) is 1. The Labute approximate surface area is 200 Å². The minimum absolute atomic E-state index is 0.0109. The molecule has 0 saturated carbocycles. The van der Waals surface area contributed by atoms with E-state index in [-0.39, 0.29) is 23.5 Å². The van der Waals surface area contributed by atoms with Gasteiger partial charge in [0, 0.05) is 39.2 Å². The molecular weight excluding hydrogens is 455 g/mol. The van der Waals surface area contributed by atoms with E-state index in [1.807, 2.05) is 4.90 Å². The van der Waals surface area contributed by atoms with E-state index in [9.17, 15) is 14.0 Å². The van der Waals surface area contributed by atoms with Crippen LogP contribution >= 0.6 is 0 Å². The van der Waals surface area contributed by atoms with Gasteiger partial charge in [-0.25, -0.2) is 19.3 Å². The number of anilines is 2. The van der Waals surface area contributed by atoms with E-state index in [2.05, 4.69) is 20.3 Å². The highest BCUT2D eigenvalue weighted by atomic mass is 19.1. The number of carbonyl (C=O) groups excluding carboxylic acids is 2. The molecule has 1 atom stereocenters. The zero-order valence-corrected chi connectivity index (χ0v) is 18.9.